The molecule has 0 spiro atoms. The Bertz CT molecular complexity index is 941. The third-order valence-electron chi connectivity index (χ3n) is 8.06. The fraction of sp³-hybridized carbons (Fsp3) is 0.700. The van der Waals surface area contributed by atoms with Crippen LogP contribution in [0.15, 0.2) is 30.3 Å². The van der Waals surface area contributed by atoms with Crippen LogP contribution < -0.4 is 10.6 Å². The van der Waals surface area contributed by atoms with Crippen LogP contribution in [0.5, 0.6) is 0 Å². The number of methoxy groups -OCH3 is 1. The van der Waals surface area contributed by atoms with Gasteiger partial charge >= 0.3 is 5.97 Å². The minimum absolute atomic E-state index is 0.129. The van der Waals surface area contributed by atoms with Gasteiger partial charge in [-0.25, -0.2) is 0 Å². The Morgan fingerprint density at radius 2 is 1.68 bits per heavy atom. The number of ether oxygens (including phenoxy) is 1. The van der Waals surface area contributed by atoms with Gasteiger partial charge < -0.3 is 20.3 Å². The first-order chi connectivity index (χ1) is 17.7. The predicted molar refractivity (Wildman–Crippen MR) is 152 cm³/mol. The van der Waals surface area contributed by atoms with Gasteiger partial charge in [0.05, 0.1) is 13.2 Å². The largest absolute Gasteiger partial charge is 0.468 e. The number of esters is 1. The van der Waals surface area contributed by atoms with Crippen LogP contribution in [0.1, 0.15) is 66.9 Å². The number of nitrogens with zero attached hydrogens (tertiary/aromatic N) is 2. The van der Waals surface area contributed by atoms with Crippen molar-refractivity contribution in [2.24, 2.45) is 11.3 Å². The highest BCUT2D eigenvalue weighted by atomic mass is 16.5. The van der Waals surface area contributed by atoms with Crippen molar-refractivity contribution in [3.63, 3.8) is 0 Å². The number of carbonyl (C=O) groups excluding carboxylic acids is 3. The summed E-state index contributed by atoms with van der Waals surface area (Å²) in [5.74, 6) is -0.417. The fourth-order valence-electron chi connectivity index (χ4n) is 5.56. The van der Waals surface area contributed by atoms with Crippen LogP contribution in [0.25, 0.3) is 0 Å². The van der Waals surface area contributed by atoms with Gasteiger partial charge in [-0.3, -0.25) is 19.3 Å². The molecule has 1 aromatic carbocycles. The third-order valence-corrected chi connectivity index (χ3v) is 8.06. The number of benzene rings is 1. The number of likely N-dealkylation sites (tertiary alicyclic amines) is 1. The van der Waals surface area contributed by atoms with E-state index in [0.29, 0.717) is 6.54 Å². The average molecular weight is 531 g/mol. The molecule has 1 aliphatic rings. The zero-order valence-electron chi connectivity index (χ0n) is 25.1. The number of amides is 2. The van der Waals surface area contributed by atoms with E-state index in [0.717, 1.165) is 24.9 Å². The summed E-state index contributed by atoms with van der Waals surface area (Å²) >= 11 is 0. The van der Waals surface area contributed by atoms with Crippen molar-refractivity contribution in [3.8, 4) is 0 Å². The number of rotatable bonds is 11. The summed E-state index contributed by atoms with van der Waals surface area (Å²) in [5, 5.41) is 6.30. The van der Waals surface area contributed by atoms with Gasteiger partial charge in [0.1, 0.15) is 12.1 Å². The van der Waals surface area contributed by atoms with Crippen LogP contribution in [-0.4, -0.2) is 86.0 Å². The molecule has 2 rings (SSSR count). The van der Waals surface area contributed by atoms with Gasteiger partial charge in [0.2, 0.25) is 11.8 Å². The van der Waals surface area contributed by atoms with Crippen LogP contribution in [0.3, 0.4) is 0 Å². The zero-order chi connectivity index (χ0) is 28.8. The first kappa shape index (κ1) is 31.8. The van der Waals surface area contributed by atoms with Gasteiger partial charge in [-0.1, -0.05) is 78.8 Å². The Morgan fingerprint density at radius 3 is 2.18 bits per heavy atom. The van der Waals surface area contributed by atoms with Gasteiger partial charge in [-0.05, 0) is 43.3 Å². The van der Waals surface area contributed by atoms with Crippen LogP contribution >= 0.6 is 0 Å². The summed E-state index contributed by atoms with van der Waals surface area (Å²) in [5.41, 5.74) is 0.0205. The summed E-state index contributed by atoms with van der Waals surface area (Å²) in [6.07, 6.45) is 1.68. The smallest absolute Gasteiger partial charge is 0.323 e. The second-order valence-electron chi connectivity index (χ2n) is 12.6. The van der Waals surface area contributed by atoms with E-state index in [2.05, 4.69) is 29.4 Å². The highest BCUT2D eigenvalue weighted by molar-refractivity contribution is 5.91. The maximum Gasteiger partial charge on any atom is 0.323 e. The van der Waals surface area contributed by atoms with Crippen LogP contribution in [0, 0.1) is 11.3 Å². The standard InChI is InChI=1S/C30H50N4O4/c1-20(2)23(19-34-18-14-17-22(34)28(37)38-10)33(9)27(36)25(29(3,4)5)32-26(35)24(31-8)30(6,7)21-15-12-11-13-16-21/h11-13,15-16,20,22-25,31H,14,17-19H2,1-10H3,(H,32,35)/t22-,23+,24+,25?/m0/s1. The van der Waals surface area contributed by atoms with Crippen molar-refractivity contribution in [3.05, 3.63) is 35.9 Å². The normalized spacial score (nSPS) is 19.1. The third kappa shape index (κ3) is 7.35. The predicted octanol–water partition coefficient (Wildman–Crippen LogP) is 3.20. The number of hydrogen-bond acceptors (Lipinski definition) is 6. The SMILES string of the molecule is CN[C@H](C(=O)NC(C(=O)N(C)[C@H](CN1CCC[C@H]1C(=O)OC)C(C)C)C(C)(C)C)C(C)(C)c1ccccc1. The molecule has 1 saturated heterocycles. The lowest BCUT2D eigenvalue weighted by molar-refractivity contribution is -0.146. The molecule has 8 heteroatoms. The van der Waals surface area contributed by atoms with Crippen LogP contribution in [0.2, 0.25) is 0 Å². The Morgan fingerprint density at radius 1 is 1.08 bits per heavy atom. The van der Waals surface area contributed by atoms with Gasteiger partial charge in [-0.2, -0.15) is 0 Å². The van der Waals surface area contributed by atoms with E-state index in [9.17, 15) is 14.4 Å². The zero-order valence-corrected chi connectivity index (χ0v) is 25.1. The maximum atomic E-state index is 14.0. The topological polar surface area (TPSA) is 91.0 Å². The minimum Gasteiger partial charge on any atom is -0.468 e. The summed E-state index contributed by atoms with van der Waals surface area (Å²) in [7, 11) is 5.00. The molecular weight excluding hydrogens is 480 g/mol. The monoisotopic (exact) mass is 530 g/mol. The number of nitrogens with one attached hydrogen (secondary N) is 2. The highest BCUT2D eigenvalue weighted by Gasteiger charge is 2.42. The molecule has 2 N–H and O–H groups in total. The molecule has 1 aromatic rings. The first-order valence-corrected chi connectivity index (χ1v) is 13.8. The Labute approximate surface area is 229 Å². The lowest BCUT2D eigenvalue weighted by Crippen LogP contribution is -2.62. The van der Waals surface area contributed by atoms with E-state index in [4.69, 9.17) is 4.74 Å². The van der Waals surface area contributed by atoms with Crippen molar-refractivity contribution in [2.45, 2.75) is 90.9 Å². The molecule has 1 heterocycles. The summed E-state index contributed by atoms with van der Waals surface area (Å²) < 4.78 is 5.02. The summed E-state index contributed by atoms with van der Waals surface area (Å²) in [6.45, 7) is 15.5. The van der Waals surface area contributed by atoms with Crippen molar-refractivity contribution in [2.75, 3.05) is 34.3 Å². The molecule has 1 fully saturated rings. The Balaban J connectivity index is 2.28. The van der Waals surface area contributed by atoms with Gasteiger partial charge in [0.25, 0.3) is 0 Å². The molecule has 4 atom stereocenters. The molecule has 0 radical (unpaired) electrons. The minimum atomic E-state index is -0.723. The molecule has 1 unspecified atom stereocenters. The van der Waals surface area contributed by atoms with Crippen molar-refractivity contribution >= 4 is 17.8 Å². The van der Waals surface area contributed by atoms with Gasteiger partial charge in [0.15, 0.2) is 0 Å². The van der Waals surface area contributed by atoms with Gasteiger partial charge in [0, 0.05) is 25.0 Å². The van der Waals surface area contributed by atoms with E-state index in [1.807, 2.05) is 72.0 Å². The molecule has 1 aliphatic heterocycles. The number of hydrogen-bond donors (Lipinski definition) is 2. The average Bonchev–Trinajstić information content (AvgIpc) is 3.32. The quantitative estimate of drug-likeness (QED) is 0.427. The second kappa shape index (κ2) is 13.1. The molecule has 38 heavy (non-hydrogen) atoms. The molecule has 8 nitrogen and oxygen atoms in total. The first-order valence-electron chi connectivity index (χ1n) is 13.8. The molecule has 0 bridgehead atoms. The molecule has 0 aliphatic carbocycles. The van der Waals surface area contributed by atoms with Crippen molar-refractivity contribution in [1.82, 2.24) is 20.4 Å². The van der Waals surface area contributed by atoms with E-state index in [1.54, 1.807) is 11.9 Å². The second-order valence-corrected chi connectivity index (χ2v) is 12.6. The highest BCUT2D eigenvalue weighted by Crippen LogP contribution is 2.29. The van der Waals surface area contributed by atoms with Gasteiger partial charge in [-0.15, -0.1) is 0 Å². The van der Waals surface area contributed by atoms with E-state index < -0.39 is 22.9 Å². The maximum absolute atomic E-state index is 14.0. The molecule has 0 aromatic heterocycles. The van der Waals surface area contributed by atoms with Crippen LogP contribution in [-0.2, 0) is 24.5 Å². The molecular formula is C30H50N4O4. The van der Waals surface area contributed by atoms with E-state index in [1.165, 1.54) is 7.11 Å². The molecule has 214 valence electrons. The van der Waals surface area contributed by atoms with E-state index >= 15 is 0 Å². The Kier molecular flexibility index (Phi) is 10.9. The Hall–Kier alpha value is -2.45. The summed E-state index contributed by atoms with van der Waals surface area (Å²) in [6, 6.07) is 8.26. The number of carbonyl (C=O) groups is 3. The lowest BCUT2D eigenvalue weighted by Gasteiger charge is -2.41. The van der Waals surface area contributed by atoms with E-state index in [-0.39, 0.29) is 35.8 Å². The summed E-state index contributed by atoms with van der Waals surface area (Å²) in [4.78, 5) is 44.0. The molecule has 2 amide bonds. The fourth-order valence-corrected chi connectivity index (χ4v) is 5.56. The van der Waals surface area contributed by atoms with Crippen LogP contribution in [0.4, 0.5) is 0 Å². The number of likely N-dealkylation sites (N-methyl/N-ethyl adjacent to an activating group) is 2. The van der Waals surface area contributed by atoms with Crippen molar-refractivity contribution < 1.29 is 19.1 Å². The van der Waals surface area contributed by atoms with Crippen molar-refractivity contribution in [1.29, 1.82) is 0 Å². The lowest BCUT2D eigenvalue weighted by atomic mass is 9.76. The molecule has 0 saturated carbocycles.